The quantitative estimate of drug-likeness (QED) is 0.581. The lowest BCUT2D eigenvalue weighted by atomic mass is 10.0. The zero-order chi connectivity index (χ0) is 19.3. The predicted molar refractivity (Wildman–Crippen MR) is 85.0 cm³/mol. The van der Waals surface area contributed by atoms with Crippen molar-refractivity contribution >= 4 is 11.9 Å². The largest absolute Gasteiger partial charge is 0.573 e. The predicted octanol–water partition coefficient (Wildman–Crippen LogP) is 1.86. The van der Waals surface area contributed by atoms with Gasteiger partial charge in [-0.15, -0.1) is 13.2 Å². The molecule has 1 fully saturated rings. The second-order valence-electron chi connectivity index (χ2n) is 5.96. The van der Waals surface area contributed by atoms with Crippen molar-refractivity contribution in [3.8, 4) is 5.75 Å². The third kappa shape index (κ3) is 5.88. The maximum absolute atomic E-state index is 12.3. The van der Waals surface area contributed by atoms with Crippen LogP contribution >= 0.6 is 0 Å². The maximum Gasteiger partial charge on any atom is 0.573 e. The molecule has 0 saturated carbocycles. The van der Waals surface area contributed by atoms with Gasteiger partial charge in [-0.05, 0) is 30.5 Å². The Morgan fingerprint density at radius 3 is 2.46 bits per heavy atom. The summed E-state index contributed by atoms with van der Waals surface area (Å²) in [4.78, 5) is 23.4. The van der Waals surface area contributed by atoms with Crippen molar-refractivity contribution in [2.75, 3.05) is 0 Å². The highest BCUT2D eigenvalue weighted by molar-refractivity contribution is 5.83. The van der Waals surface area contributed by atoms with E-state index in [2.05, 4.69) is 20.9 Å². The molecule has 0 spiro atoms. The Morgan fingerprint density at radius 2 is 1.96 bits per heavy atom. The number of hydrogen-bond donors (Lipinski definition) is 4. The first-order valence-corrected chi connectivity index (χ1v) is 8.07. The molecule has 1 aliphatic heterocycles. The van der Waals surface area contributed by atoms with Gasteiger partial charge in [-0.3, -0.25) is 15.0 Å². The van der Waals surface area contributed by atoms with Crippen molar-refractivity contribution < 1.29 is 32.6 Å². The van der Waals surface area contributed by atoms with Crippen LogP contribution in [0.1, 0.15) is 37.8 Å². The summed E-state index contributed by atoms with van der Waals surface area (Å²) in [6.45, 7) is 1.97. The number of carboxylic acid groups (broad SMARTS) is 1. The van der Waals surface area contributed by atoms with Gasteiger partial charge in [0.05, 0.1) is 12.5 Å². The molecule has 26 heavy (non-hydrogen) atoms. The molecule has 1 aromatic rings. The number of amides is 1. The fraction of sp³-hybridized carbons (Fsp3) is 0.500. The zero-order valence-corrected chi connectivity index (χ0v) is 14.0. The van der Waals surface area contributed by atoms with Crippen LogP contribution < -0.4 is 20.9 Å². The molecule has 10 heteroatoms. The lowest BCUT2D eigenvalue weighted by molar-refractivity contribution is -0.274. The number of ether oxygens (including phenoxy) is 1. The van der Waals surface area contributed by atoms with E-state index in [-0.39, 0.29) is 11.9 Å². The monoisotopic (exact) mass is 375 g/mol. The van der Waals surface area contributed by atoms with Gasteiger partial charge >= 0.3 is 12.3 Å². The Balaban J connectivity index is 2.07. The Morgan fingerprint density at radius 1 is 1.31 bits per heavy atom. The van der Waals surface area contributed by atoms with Crippen molar-refractivity contribution in [3.63, 3.8) is 0 Å². The first-order valence-electron chi connectivity index (χ1n) is 8.07. The number of aliphatic carboxylic acids is 1. The highest BCUT2D eigenvalue weighted by Gasteiger charge is 2.32. The minimum Gasteiger partial charge on any atom is -0.481 e. The van der Waals surface area contributed by atoms with Gasteiger partial charge in [-0.2, -0.15) is 0 Å². The zero-order valence-electron chi connectivity index (χ0n) is 14.0. The summed E-state index contributed by atoms with van der Waals surface area (Å²) >= 11 is 0. The van der Waals surface area contributed by atoms with E-state index in [4.69, 9.17) is 5.11 Å². The number of nitrogens with one attached hydrogen (secondary N) is 3. The number of carboxylic acids is 1. The fourth-order valence-electron chi connectivity index (χ4n) is 2.66. The highest BCUT2D eigenvalue weighted by Crippen LogP contribution is 2.25. The standard InChI is InChI=1S/C16H20F3N3O4/c1-2-10-7-13(22-21-10)15(25)20-12(8-14(23)24)9-3-5-11(6-4-9)26-16(17,18)19/h3-6,10,12-13,21-22H,2,7-8H2,1H3,(H,20,25)(H,23,24). The fourth-order valence-corrected chi connectivity index (χ4v) is 2.66. The number of hydrogen-bond acceptors (Lipinski definition) is 5. The average Bonchev–Trinajstić information content (AvgIpc) is 3.02. The Hall–Kier alpha value is -2.33. The van der Waals surface area contributed by atoms with Gasteiger partial charge in [0.1, 0.15) is 11.8 Å². The lowest BCUT2D eigenvalue weighted by Gasteiger charge is -2.20. The Kier molecular flexibility index (Phi) is 6.43. The molecule has 1 saturated heterocycles. The molecule has 0 radical (unpaired) electrons. The number of halogens is 3. The maximum atomic E-state index is 12.3. The number of hydrazine groups is 1. The van der Waals surface area contributed by atoms with Crippen molar-refractivity contribution in [2.45, 2.75) is 50.7 Å². The van der Waals surface area contributed by atoms with Crippen molar-refractivity contribution in [2.24, 2.45) is 0 Å². The molecular formula is C16H20F3N3O4. The summed E-state index contributed by atoms with van der Waals surface area (Å²) in [5.41, 5.74) is 6.19. The average molecular weight is 375 g/mol. The summed E-state index contributed by atoms with van der Waals surface area (Å²) in [7, 11) is 0. The molecule has 7 nitrogen and oxygen atoms in total. The molecule has 0 aromatic heterocycles. The molecule has 2 rings (SSSR count). The minimum absolute atomic E-state index is 0.141. The van der Waals surface area contributed by atoms with Crippen LogP contribution in [0.5, 0.6) is 5.75 Å². The van der Waals surface area contributed by atoms with E-state index in [9.17, 15) is 22.8 Å². The van der Waals surface area contributed by atoms with Crippen molar-refractivity contribution in [1.29, 1.82) is 0 Å². The van der Waals surface area contributed by atoms with Gasteiger partial charge < -0.3 is 15.2 Å². The van der Waals surface area contributed by atoms with E-state index < -0.39 is 36.6 Å². The second kappa shape index (κ2) is 8.37. The summed E-state index contributed by atoms with van der Waals surface area (Å²) in [5, 5.41) is 11.7. The molecule has 1 heterocycles. The van der Waals surface area contributed by atoms with E-state index >= 15 is 0 Å². The minimum atomic E-state index is -4.81. The molecule has 3 unspecified atom stereocenters. The highest BCUT2D eigenvalue weighted by atomic mass is 19.4. The van der Waals surface area contributed by atoms with E-state index in [1.165, 1.54) is 12.1 Å². The molecule has 3 atom stereocenters. The third-order valence-electron chi connectivity index (χ3n) is 4.00. The van der Waals surface area contributed by atoms with Crippen LogP contribution in [0.3, 0.4) is 0 Å². The Labute approximate surface area is 147 Å². The molecule has 1 amide bonds. The number of benzene rings is 1. The van der Waals surface area contributed by atoms with Gasteiger partial charge in [0.15, 0.2) is 0 Å². The first-order chi connectivity index (χ1) is 12.2. The van der Waals surface area contributed by atoms with Gasteiger partial charge in [-0.1, -0.05) is 19.1 Å². The van der Waals surface area contributed by atoms with Crippen LogP contribution in [0.2, 0.25) is 0 Å². The topological polar surface area (TPSA) is 99.7 Å². The van der Waals surface area contributed by atoms with Crippen LogP contribution in [0.25, 0.3) is 0 Å². The number of rotatable bonds is 7. The molecule has 1 aliphatic rings. The summed E-state index contributed by atoms with van der Waals surface area (Å²) in [5.74, 6) is -1.95. The number of carbonyl (C=O) groups is 2. The van der Waals surface area contributed by atoms with Gasteiger partial charge in [0, 0.05) is 6.04 Å². The number of carbonyl (C=O) groups excluding carboxylic acids is 1. The van der Waals surface area contributed by atoms with Crippen molar-refractivity contribution in [3.05, 3.63) is 29.8 Å². The van der Waals surface area contributed by atoms with E-state index in [1.54, 1.807) is 0 Å². The smallest absolute Gasteiger partial charge is 0.481 e. The molecule has 4 N–H and O–H groups in total. The summed E-state index contributed by atoms with van der Waals surface area (Å²) in [6.07, 6.45) is -3.83. The molecule has 0 aliphatic carbocycles. The van der Waals surface area contributed by atoms with Crippen molar-refractivity contribution in [1.82, 2.24) is 16.2 Å². The van der Waals surface area contributed by atoms with Gasteiger partial charge in [0.2, 0.25) is 5.91 Å². The number of alkyl halides is 3. The normalized spacial score (nSPS) is 21.2. The van der Waals surface area contributed by atoms with Gasteiger partial charge in [-0.25, -0.2) is 5.43 Å². The Bertz CT molecular complexity index is 637. The second-order valence-corrected chi connectivity index (χ2v) is 5.96. The third-order valence-corrected chi connectivity index (χ3v) is 4.00. The summed E-state index contributed by atoms with van der Waals surface area (Å²) < 4.78 is 40.4. The van der Waals surface area contributed by atoms with Gasteiger partial charge in [0.25, 0.3) is 0 Å². The molecular weight excluding hydrogens is 355 g/mol. The van der Waals surface area contributed by atoms with Crippen LogP contribution in [0.4, 0.5) is 13.2 Å². The van der Waals surface area contributed by atoms with Crippen LogP contribution in [-0.2, 0) is 9.59 Å². The summed E-state index contributed by atoms with van der Waals surface area (Å²) in [6, 6.07) is 3.50. The molecule has 0 bridgehead atoms. The van der Waals surface area contributed by atoms with Crippen LogP contribution in [0.15, 0.2) is 24.3 Å². The van der Waals surface area contributed by atoms with Crippen LogP contribution in [-0.4, -0.2) is 35.4 Å². The van der Waals surface area contributed by atoms with E-state index in [0.717, 1.165) is 18.6 Å². The SMILES string of the molecule is CCC1CC(C(=O)NC(CC(=O)O)c2ccc(OC(F)(F)F)cc2)NN1. The van der Waals surface area contributed by atoms with E-state index in [0.29, 0.717) is 12.0 Å². The van der Waals surface area contributed by atoms with Crippen LogP contribution in [0, 0.1) is 0 Å². The first kappa shape index (κ1) is 20.0. The lowest BCUT2D eigenvalue weighted by Crippen LogP contribution is -2.44. The molecule has 1 aromatic carbocycles. The molecule has 144 valence electrons. The van der Waals surface area contributed by atoms with E-state index in [1.807, 2.05) is 6.92 Å².